The molecule has 1 unspecified atom stereocenters. The number of urea groups is 1. The molecule has 0 saturated carbocycles. The lowest BCUT2D eigenvalue weighted by molar-refractivity contribution is -0.127. The van der Waals surface area contributed by atoms with E-state index in [0.717, 1.165) is 57.3 Å². The highest BCUT2D eigenvalue weighted by Gasteiger charge is 2.29. The van der Waals surface area contributed by atoms with E-state index in [-0.39, 0.29) is 18.0 Å². The van der Waals surface area contributed by atoms with Gasteiger partial charge < -0.3 is 15.1 Å². The molecule has 1 N–H and O–H groups in total. The lowest BCUT2D eigenvalue weighted by atomic mass is 9.99. The standard InChI is InChI=1S/C19H26ClN3O2/c1-14-6-4-8-16(20)18(14)21-19(25)23-12-3-2-7-15(23)10-13-22-11-5-9-17(22)24/h4,6,8,15H,2-3,5,7,9-13H2,1H3,(H,21,25). The molecule has 3 amide bonds. The number of likely N-dealkylation sites (tertiary alicyclic amines) is 2. The number of piperidine rings is 1. The smallest absolute Gasteiger partial charge is 0.322 e. The molecule has 0 aromatic heterocycles. The number of hydrogen-bond donors (Lipinski definition) is 1. The molecule has 5 nitrogen and oxygen atoms in total. The number of aryl methyl sites for hydroxylation is 1. The van der Waals surface area contributed by atoms with Crippen LogP contribution in [0.1, 0.15) is 44.1 Å². The third kappa shape index (κ3) is 4.27. The Bertz CT molecular complexity index is 629. The number of rotatable bonds is 4. The molecule has 25 heavy (non-hydrogen) atoms. The highest BCUT2D eigenvalue weighted by molar-refractivity contribution is 6.33. The Balaban J connectivity index is 1.63. The number of halogens is 1. The summed E-state index contributed by atoms with van der Waals surface area (Å²) in [5.74, 6) is 0.249. The van der Waals surface area contributed by atoms with Gasteiger partial charge in [0.1, 0.15) is 0 Å². The third-order valence-electron chi connectivity index (χ3n) is 5.25. The molecule has 0 spiro atoms. The van der Waals surface area contributed by atoms with Crippen molar-refractivity contribution in [1.82, 2.24) is 9.80 Å². The summed E-state index contributed by atoms with van der Waals surface area (Å²) in [4.78, 5) is 28.5. The van der Waals surface area contributed by atoms with E-state index in [1.54, 1.807) is 6.07 Å². The fraction of sp³-hybridized carbons (Fsp3) is 0.579. The Kier molecular flexibility index (Phi) is 5.84. The summed E-state index contributed by atoms with van der Waals surface area (Å²) < 4.78 is 0. The van der Waals surface area contributed by atoms with E-state index in [9.17, 15) is 9.59 Å². The number of carbonyl (C=O) groups is 2. The molecule has 6 heteroatoms. The fourth-order valence-corrected chi connectivity index (χ4v) is 4.05. The van der Waals surface area contributed by atoms with Gasteiger partial charge in [-0.2, -0.15) is 0 Å². The number of hydrogen-bond acceptors (Lipinski definition) is 2. The maximum atomic E-state index is 12.8. The van der Waals surface area contributed by atoms with Crippen molar-refractivity contribution in [2.45, 2.75) is 51.5 Å². The fourth-order valence-electron chi connectivity index (χ4n) is 3.78. The maximum Gasteiger partial charge on any atom is 0.322 e. The van der Waals surface area contributed by atoms with Crippen LogP contribution in [0.3, 0.4) is 0 Å². The molecule has 0 radical (unpaired) electrons. The third-order valence-corrected chi connectivity index (χ3v) is 5.56. The first-order valence-corrected chi connectivity index (χ1v) is 9.54. The average Bonchev–Trinajstić information content (AvgIpc) is 3.01. The first-order valence-electron chi connectivity index (χ1n) is 9.17. The van der Waals surface area contributed by atoms with Crippen molar-refractivity contribution in [1.29, 1.82) is 0 Å². The van der Waals surface area contributed by atoms with Gasteiger partial charge in [-0.1, -0.05) is 23.7 Å². The van der Waals surface area contributed by atoms with E-state index in [4.69, 9.17) is 11.6 Å². The number of anilines is 1. The van der Waals surface area contributed by atoms with Crippen LogP contribution in [0.5, 0.6) is 0 Å². The molecular formula is C19H26ClN3O2. The zero-order valence-corrected chi connectivity index (χ0v) is 15.5. The minimum absolute atomic E-state index is 0.0892. The van der Waals surface area contributed by atoms with Crippen molar-refractivity contribution in [3.8, 4) is 0 Å². The minimum atomic E-state index is -0.0892. The molecule has 3 rings (SSSR count). The highest BCUT2D eigenvalue weighted by atomic mass is 35.5. The van der Waals surface area contributed by atoms with Crippen LogP contribution in [0.4, 0.5) is 10.5 Å². The first kappa shape index (κ1) is 18.1. The van der Waals surface area contributed by atoms with Gasteiger partial charge in [-0.3, -0.25) is 4.79 Å². The number of carbonyl (C=O) groups excluding carboxylic acids is 2. The van der Waals surface area contributed by atoms with E-state index >= 15 is 0 Å². The summed E-state index contributed by atoms with van der Waals surface area (Å²) in [5.41, 5.74) is 1.64. The van der Waals surface area contributed by atoms with Gasteiger partial charge in [-0.15, -0.1) is 0 Å². The number of nitrogens with one attached hydrogen (secondary N) is 1. The first-order chi connectivity index (χ1) is 12.1. The van der Waals surface area contributed by atoms with Crippen LogP contribution in [0.25, 0.3) is 0 Å². The molecule has 2 aliphatic heterocycles. The van der Waals surface area contributed by atoms with E-state index in [1.807, 2.05) is 28.9 Å². The lowest BCUT2D eigenvalue weighted by Gasteiger charge is -2.36. The topological polar surface area (TPSA) is 52.7 Å². The number of para-hydroxylation sites is 1. The number of nitrogens with zero attached hydrogens (tertiary/aromatic N) is 2. The molecule has 2 saturated heterocycles. The maximum absolute atomic E-state index is 12.8. The molecular weight excluding hydrogens is 338 g/mol. The van der Waals surface area contributed by atoms with Gasteiger partial charge >= 0.3 is 6.03 Å². The zero-order chi connectivity index (χ0) is 17.8. The van der Waals surface area contributed by atoms with Crippen LogP contribution in [0.15, 0.2) is 18.2 Å². The molecule has 1 aromatic carbocycles. The van der Waals surface area contributed by atoms with Crippen LogP contribution in [-0.4, -0.2) is 47.4 Å². The molecule has 136 valence electrons. The van der Waals surface area contributed by atoms with Gasteiger partial charge in [-0.25, -0.2) is 4.79 Å². The van der Waals surface area contributed by atoms with E-state index in [2.05, 4.69) is 5.32 Å². The number of benzene rings is 1. The van der Waals surface area contributed by atoms with Crippen LogP contribution in [0, 0.1) is 6.92 Å². The molecule has 0 bridgehead atoms. The number of amides is 3. The predicted molar refractivity (Wildman–Crippen MR) is 100.0 cm³/mol. The van der Waals surface area contributed by atoms with Gasteiger partial charge in [0.15, 0.2) is 0 Å². The minimum Gasteiger partial charge on any atom is -0.343 e. The second-order valence-electron chi connectivity index (χ2n) is 6.98. The highest BCUT2D eigenvalue weighted by Crippen LogP contribution is 2.27. The summed E-state index contributed by atoms with van der Waals surface area (Å²) in [6, 6.07) is 5.70. The second kappa shape index (κ2) is 8.09. The molecule has 1 aromatic rings. The predicted octanol–water partition coefficient (Wildman–Crippen LogP) is 4.05. The molecule has 2 heterocycles. The monoisotopic (exact) mass is 363 g/mol. The van der Waals surface area contributed by atoms with E-state index in [0.29, 0.717) is 17.1 Å². The Morgan fingerprint density at radius 1 is 1.28 bits per heavy atom. The van der Waals surface area contributed by atoms with Crippen molar-refractivity contribution in [3.63, 3.8) is 0 Å². The van der Waals surface area contributed by atoms with Crippen LogP contribution in [0.2, 0.25) is 5.02 Å². The normalized spacial score (nSPS) is 20.9. The Morgan fingerprint density at radius 3 is 2.84 bits per heavy atom. The molecule has 2 fully saturated rings. The summed E-state index contributed by atoms with van der Waals surface area (Å²) >= 11 is 6.23. The van der Waals surface area contributed by atoms with E-state index < -0.39 is 0 Å². The van der Waals surface area contributed by atoms with Gasteiger partial charge in [0.05, 0.1) is 10.7 Å². The van der Waals surface area contributed by atoms with Gasteiger partial charge in [0.2, 0.25) is 5.91 Å². The average molecular weight is 364 g/mol. The van der Waals surface area contributed by atoms with Gasteiger partial charge in [-0.05, 0) is 50.7 Å². The molecule has 2 aliphatic rings. The SMILES string of the molecule is Cc1cccc(Cl)c1NC(=O)N1CCCCC1CCN1CCCC1=O. The Morgan fingerprint density at radius 2 is 2.12 bits per heavy atom. The quantitative estimate of drug-likeness (QED) is 0.877. The largest absolute Gasteiger partial charge is 0.343 e. The Hall–Kier alpha value is -1.75. The lowest BCUT2D eigenvalue weighted by Crippen LogP contribution is -2.47. The summed E-state index contributed by atoms with van der Waals surface area (Å²) in [6.45, 7) is 4.30. The molecule has 0 aliphatic carbocycles. The van der Waals surface area contributed by atoms with Crippen LogP contribution in [-0.2, 0) is 4.79 Å². The van der Waals surface area contributed by atoms with Crippen molar-refractivity contribution in [2.75, 3.05) is 25.0 Å². The van der Waals surface area contributed by atoms with Crippen molar-refractivity contribution >= 4 is 29.2 Å². The van der Waals surface area contributed by atoms with Crippen LogP contribution < -0.4 is 5.32 Å². The second-order valence-corrected chi connectivity index (χ2v) is 7.39. The van der Waals surface area contributed by atoms with Crippen LogP contribution >= 0.6 is 11.6 Å². The summed E-state index contributed by atoms with van der Waals surface area (Å²) in [7, 11) is 0. The summed E-state index contributed by atoms with van der Waals surface area (Å²) in [6.07, 6.45) is 5.62. The van der Waals surface area contributed by atoms with E-state index in [1.165, 1.54) is 0 Å². The zero-order valence-electron chi connectivity index (χ0n) is 14.8. The van der Waals surface area contributed by atoms with Crippen molar-refractivity contribution in [2.24, 2.45) is 0 Å². The molecule has 1 atom stereocenters. The van der Waals surface area contributed by atoms with Crippen molar-refractivity contribution in [3.05, 3.63) is 28.8 Å². The summed E-state index contributed by atoms with van der Waals surface area (Å²) in [5, 5.41) is 3.55. The Labute approximate surface area is 154 Å². The van der Waals surface area contributed by atoms with Gasteiger partial charge in [0, 0.05) is 32.1 Å². The van der Waals surface area contributed by atoms with Gasteiger partial charge in [0.25, 0.3) is 0 Å². The van der Waals surface area contributed by atoms with Crippen molar-refractivity contribution < 1.29 is 9.59 Å².